The van der Waals surface area contributed by atoms with Crippen molar-refractivity contribution in [1.82, 2.24) is 5.12 Å². The summed E-state index contributed by atoms with van der Waals surface area (Å²) >= 11 is 3.57. The molecule has 1 amide bonds. The number of thiol groups is 1. The Bertz CT molecular complexity index is 175. The molecule has 0 saturated heterocycles. The monoisotopic (exact) mass is 181 g/mol. The number of rotatable bonds is 3. The summed E-state index contributed by atoms with van der Waals surface area (Å²) in [6.07, 6.45) is 0. The molecule has 0 bridgehead atoms. The summed E-state index contributed by atoms with van der Waals surface area (Å²) in [6.45, 7) is 0.944. The third-order valence-corrected chi connectivity index (χ3v) is 1.38. The molecule has 0 heterocycles. The van der Waals surface area contributed by atoms with Crippen molar-refractivity contribution in [2.75, 3.05) is 5.75 Å². The lowest BCUT2D eigenvalue weighted by Gasteiger charge is -2.15. The number of hydrogen-bond donors (Lipinski definition) is 2. The van der Waals surface area contributed by atoms with Crippen LogP contribution in [0.15, 0.2) is 0 Å². The molecule has 4 nitrogen and oxygen atoms in total. The highest BCUT2D eigenvalue weighted by atomic mass is 32.1. The van der Waals surface area contributed by atoms with Gasteiger partial charge in [-0.3, -0.25) is 4.79 Å². The van der Waals surface area contributed by atoms with E-state index in [0.29, 0.717) is 0 Å². The third-order valence-electron chi connectivity index (χ3n) is 1.03. The van der Waals surface area contributed by atoms with Crippen LogP contribution in [0.4, 0.5) is 4.48 Å². The summed E-state index contributed by atoms with van der Waals surface area (Å²) in [7, 11) is 0. The van der Waals surface area contributed by atoms with Gasteiger partial charge >= 0.3 is 5.97 Å². The van der Waals surface area contributed by atoms with Gasteiger partial charge in [-0.1, -0.05) is 4.48 Å². The number of carboxylic acids is 1. The van der Waals surface area contributed by atoms with E-state index in [1.807, 2.05) is 0 Å². The lowest BCUT2D eigenvalue weighted by Crippen LogP contribution is -2.39. The van der Waals surface area contributed by atoms with Crippen LogP contribution in [-0.4, -0.2) is 33.9 Å². The minimum Gasteiger partial charge on any atom is -0.480 e. The Morgan fingerprint density at radius 3 is 2.27 bits per heavy atom. The number of amides is 1. The van der Waals surface area contributed by atoms with Crippen LogP contribution in [0.1, 0.15) is 6.92 Å². The standard InChI is InChI=1S/C5H8FNO3S/c1-3(8)7(6)4(2-11)5(9)10/h4,11H,2H2,1H3,(H,9,10)/t4-/m0/s1. The molecule has 0 aromatic rings. The van der Waals surface area contributed by atoms with E-state index in [-0.39, 0.29) is 10.9 Å². The van der Waals surface area contributed by atoms with Gasteiger partial charge in [-0.2, -0.15) is 17.8 Å². The number of carboxylic acid groups (broad SMARTS) is 1. The van der Waals surface area contributed by atoms with Crippen LogP contribution >= 0.6 is 12.6 Å². The minimum atomic E-state index is -1.49. The van der Waals surface area contributed by atoms with E-state index in [4.69, 9.17) is 5.11 Å². The van der Waals surface area contributed by atoms with Crippen LogP contribution in [0.3, 0.4) is 0 Å². The SMILES string of the molecule is CC(=O)N(F)[C@@H](CS)C(=O)O. The topological polar surface area (TPSA) is 57.6 Å². The van der Waals surface area contributed by atoms with Crippen molar-refractivity contribution in [3.63, 3.8) is 0 Å². The Hall–Kier alpha value is -0.780. The van der Waals surface area contributed by atoms with Crippen molar-refractivity contribution in [2.45, 2.75) is 13.0 Å². The number of halogens is 1. The highest BCUT2D eigenvalue weighted by molar-refractivity contribution is 7.80. The first kappa shape index (κ1) is 10.2. The van der Waals surface area contributed by atoms with E-state index >= 15 is 0 Å². The summed E-state index contributed by atoms with van der Waals surface area (Å²) in [4.78, 5) is 20.5. The van der Waals surface area contributed by atoms with E-state index < -0.39 is 17.9 Å². The van der Waals surface area contributed by atoms with Crippen LogP contribution in [-0.2, 0) is 9.59 Å². The highest BCUT2D eigenvalue weighted by Crippen LogP contribution is 2.02. The molecule has 0 aliphatic carbocycles. The molecular weight excluding hydrogens is 173 g/mol. The molecular formula is C5H8FNO3S. The lowest BCUT2D eigenvalue weighted by molar-refractivity contribution is -0.162. The molecule has 0 saturated carbocycles. The van der Waals surface area contributed by atoms with Gasteiger partial charge in [0, 0.05) is 12.7 Å². The summed E-state index contributed by atoms with van der Waals surface area (Å²) in [6, 6.07) is -1.49. The van der Waals surface area contributed by atoms with Crippen molar-refractivity contribution in [3.8, 4) is 0 Å². The molecule has 0 aromatic carbocycles. The Balaban J connectivity index is 4.25. The minimum absolute atomic E-state index is 0.245. The zero-order valence-electron chi connectivity index (χ0n) is 5.82. The molecule has 0 aliphatic rings. The van der Waals surface area contributed by atoms with Crippen LogP contribution in [0, 0.1) is 0 Å². The summed E-state index contributed by atoms with van der Waals surface area (Å²) in [5.41, 5.74) is 0. The summed E-state index contributed by atoms with van der Waals surface area (Å²) in [5.74, 6) is -2.59. The van der Waals surface area contributed by atoms with Crippen molar-refractivity contribution in [2.24, 2.45) is 0 Å². The molecule has 64 valence electrons. The number of nitrogens with zero attached hydrogens (tertiary/aromatic N) is 1. The van der Waals surface area contributed by atoms with Crippen molar-refractivity contribution in [1.29, 1.82) is 0 Å². The third kappa shape index (κ3) is 2.75. The predicted molar refractivity (Wildman–Crippen MR) is 38.9 cm³/mol. The molecule has 0 aliphatic heterocycles. The van der Waals surface area contributed by atoms with Gasteiger partial charge in [0.25, 0.3) is 0 Å². The molecule has 6 heteroatoms. The van der Waals surface area contributed by atoms with Crippen LogP contribution in [0.2, 0.25) is 0 Å². The van der Waals surface area contributed by atoms with Gasteiger partial charge in [0.1, 0.15) is 0 Å². The Labute approximate surface area is 68.3 Å². The first-order valence-corrected chi connectivity index (χ1v) is 3.43. The van der Waals surface area contributed by atoms with Crippen molar-refractivity contribution < 1.29 is 19.2 Å². The quantitative estimate of drug-likeness (QED) is 0.479. The average Bonchev–Trinajstić information content (AvgIpc) is 1.88. The molecule has 0 spiro atoms. The second-order valence-corrected chi connectivity index (χ2v) is 2.23. The van der Waals surface area contributed by atoms with Crippen molar-refractivity contribution in [3.05, 3.63) is 0 Å². The average molecular weight is 181 g/mol. The van der Waals surface area contributed by atoms with Gasteiger partial charge < -0.3 is 5.11 Å². The fourth-order valence-electron chi connectivity index (χ4n) is 0.466. The smallest absolute Gasteiger partial charge is 0.330 e. The summed E-state index contributed by atoms with van der Waals surface area (Å²) < 4.78 is 12.5. The van der Waals surface area contributed by atoms with Gasteiger partial charge in [-0.05, 0) is 0 Å². The number of aliphatic carboxylic acids is 1. The van der Waals surface area contributed by atoms with E-state index in [9.17, 15) is 14.1 Å². The zero-order valence-corrected chi connectivity index (χ0v) is 6.71. The Kier molecular flexibility index (Phi) is 3.88. The zero-order chi connectivity index (χ0) is 9.02. The molecule has 0 unspecified atom stereocenters. The van der Waals surface area contributed by atoms with Gasteiger partial charge in [0.2, 0.25) is 5.91 Å². The van der Waals surface area contributed by atoms with Crippen molar-refractivity contribution >= 4 is 24.5 Å². The first-order chi connectivity index (χ1) is 5.00. The molecule has 0 rings (SSSR count). The van der Waals surface area contributed by atoms with Gasteiger partial charge in [-0.15, -0.1) is 0 Å². The fraction of sp³-hybridized carbons (Fsp3) is 0.600. The second-order valence-electron chi connectivity index (χ2n) is 1.87. The van der Waals surface area contributed by atoms with Gasteiger partial charge in [-0.25, -0.2) is 4.79 Å². The largest absolute Gasteiger partial charge is 0.480 e. The maximum absolute atomic E-state index is 12.5. The number of carbonyl (C=O) groups excluding carboxylic acids is 1. The number of hydrogen-bond acceptors (Lipinski definition) is 3. The Morgan fingerprint density at radius 2 is 2.18 bits per heavy atom. The molecule has 0 aromatic heterocycles. The van der Waals surface area contributed by atoms with E-state index in [1.54, 1.807) is 0 Å². The number of carbonyl (C=O) groups is 2. The first-order valence-electron chi connectivity index (χ1n) is 2.80. The highest BCUT2D eigenvalue weighted by Gasteiger charge is 2.26. The second kappa shape index (κ2) is 4.17. The van der Waals surface area contributed by atoms with E-state index in [0.717, 1.165) is 6.92 Å². The predicted octanol–water partition coefficient (Wildman–Crippen LogP) is 0.102. The molecule has 0 fully saturated rings. The van der Waals surface area contributed by atoms with Crippen LogP contribution in [0.25, 0.3) is 0 Å². The normalized spacial score (nSPS) is 12.3. The van der Waals surface area contributed by atoms with Gasteiger partial charge in [0.15, 0.2) is 6.04 Å². The summed E-state index contributed by atoms with van der Waals surface area (Å²) in [5, 5.41) is 7.96. The van der Waals surface area contributed by atoms with Crippen LogP contribution in [0.5, 0.6) is 0 Å². The maximum atomic E-state index is 12.5. The lowest BCUT2D eigenvalue weighted by atomic mass is 10.3. The van der Waals surface area contributed by atoms with E-state index in [2.05, 4.69) is 12.6 Å². The maximum Gasteiger partial charge on any atom is 0.330 e. The van der Waals surface area contributed by atoms with E-state index in [1.165, 1.54) is 0 Å². The Morgan fingerprint density at radius 1 is 1.73 bits per heavy atom. The van der Waals surface area contributed by atoms with Gasteiger partial charge in [0.05, 0.1) is 0 Å². The molecule has 0 radical (unpaired) electrons. The van der Waals surface area contributed by atoms with Crippen LogP contribution < -0.4 is 0 Å². The molecule has 1 atom stereocenters. The molecule has 11 heavy (non-hydrogen) atoms. The molecule has 1 N–H and O–H groups in total. The fourth-order valence-corrected chi connectivity index (χ4v) is 0.766.